The van der Waals surface area contributed by atoms with Crippen molar-refractivity contribution in [2.75, 3.05) is 83.6 Å². The van der Waals surface area contributed by atoms with E-state index in [4.69, 9.17) is 23.5 Å². The van der Waals surface area contributed by atoms with E-state index >= 15 is 0 Å². The van der Waals surface area contributed by atoms with E-state index in [1.54, 1.807) is 11.8 Å². The van der Waals surface area contributed by atoms with Crippen LogP contribution in [-0.4, -0.2) is 193 Å². The highest BCUT2D eigenvalue weighted by molar-refractivity contribution is 14.1. The quantitative estimate of drug-likeness (QED) is 0.0114. The maximum Gasteiger partial charge on any atom is 0.328 e. The molecule has 6 atom stereocenters. The van der Waals surface area contributed by atoms with Crippen LogP contribution in [0.4, 0.5) is 5.69 Å². The molecule has 0 saturated carbocycles. The van der Waals surface area contributed by atoms with Crippen molar-refractivity contribution in [3.05, 3.63) is 98.6 Å². The number of anilines is 1. The Morgan fingerprint density at radius 3 is 1.71 bits per heavy atom. The van der Waals surface area contributed by atoms with Gasteiger partial charge in [0.15, 0.2) is 0 Å². The van der Waals surface area contributed by atoms with Gasteiger partial charge in [0.05, 0.1) is 83.1 Å². The van der Waals surface area contributed by atoms with Crippen molar-refractivity contribution in [3.8, 4) is 11.8 Å². The molecule has 0 spiro atoms. The molecule has 1 aliphatic heterocycles. The predicted molar refractivity (Wildman–Crippen MR) is 398 cm³/mol. The lowest BCUT2D eigenvalue weighted by Crippen LogP contribution is -2.52. The molecule has 584 valence electrons. The first-order valence-electron chi connectivity index (χ1n) is 36.2. The summed E-state index contributed by atoms with van der Waals surface area (Å²) in [4.78, 5) is 164. The number of nitrogens with zero attached hydrogens (tertiary/aromatic N) is 1. The van der Waals surface area contributed by atoms with E-state index in [-0.39, 0.29) is 134 Å². The van der Waals surface area contributed by atoms with Gasteiger partial charge in [-0.15, -0.1) is 0 Å². The molecule has 4 unspecified atom stereocenters. The van der Waals surface area contributed by atoms with E-state index in [9.17, 15) is 87.4 Å². The molecule has 4 rings (SSSR count). The standard InChI is InChI=1S/C75H104IN6O23P/c1-2-15-58(73(93)94)52-106(99,100)105-42-14-23-63(74(95)96)80-68(87)35-30-56(72(91)92)50-61(84)20-4-3-10-39-78-67(86)36-34-62(71(90)81-64(75(97)98)22-9-11-40-77-66(85)25-12-16-53-26-31-59(76)32-27-53)79-69(88)38-43-102-45-47-104-49-48-103-46-44-101-41-13-21-60(83)33-37-70(89)82-51-57-19-6-5-17-54(57)28-29-55-18-7-8-24-65(55)82/h5-8,17-19,24,26-27,31-32,56,58,62-64H,2-4,9-16,20-23,25,30,33-52H2,1H3,(H,77,85)(H,78,86)(H,79,88)(H,80,87)(H,81,90)(H,91,92)(H,93,94)(H,95,96)(H,97,98)(H,99,100)/t56-,58?,62?,63+,64?/m1/s1. The van der Waals surface area contributed by atoms with Gasteiger partial charge in [0.1, 0.15) is 29.7 Å². The van der Waals surface area contributed by atoms with E-state index in [1.165, 1.54) is 0 Å². The van der Waals surface area contributed by atoms with Crippen LogP contribution in [0.25, 0.3) is 0 Å². The molecule has 3 aromatic carbocycles. The lowest BCUT2D eigenvalue weighted by atomic mass is 9.94. The minimum Gasteiger partial charge on any atom is -0.481 e. The van der Waals surface area contributed by atoms with Gasteiger partial charge < -0.3 is 80.3 Å². The maximum absolute atomic E-state index is 13.7. The minimum absolute atomic E-state index is 0.00664. The first-order valence-corrected chi connectivity index (χ1v) is 39.1. The number of aliphatic carboxylic acids is 4. The summed E-state index contributed by atoms with van der Waals surface area (Å²) in [6.07, 6.45) is 2.48. The first-order chi connectivity index (χ1) is 50.8. The van der Waals surface area contributed by atoms with E-state index in [2.05, 4.69) is 61.0 Å². The van der Waals surface area contributed by atoms with Gasteiger partial charge in [0.25, 0.3) is 0 Å². The number of hydrogen-bond acceptors (Lipinski definition) is 18. The smallest absolute Gasteiger partial charge is 0.328 e. The fourth-order valence-corrected chi connectivity index (χ4v) is 12.9. The molecule has 106 heavy (non-hydrogen) atoms. The Bertz CT molecular complexity index is 3440. The van der Waals surface area contributed by atoms with Crippen LogP contribution < -0.4 is 31.5 Å². The summed E-state index contributed by atoms with van der Waals surface area (Å²) in [5, 5.41) is 51.7. The van der Waals surface area contributed by atoms with Crippen LogP contribution in [0.3, 0.4) is 0 Å². The number of nitrogens with one attached hydrogen (secondary N) is 5. The predicted octanol–water partition coefficient (Wildman–Crippen LogP) is 7.44. The van der Waals surface area contributed by atoms with Gasteiger partial charge in [-0.3, -0.25) is 52.5 Å². The molecule has 0 radical (unpaired) electrons. The number of hydrogen-bond donors (Lipinski definition) is 10. The molecular weight excluding hydrogens is 1510 g/mol. The number of Topliss-reactive ketones (excluding diaryl/α,β-unsaturated/α-hetero) is 2. The summed E-state index contributed by atoms with van der Waals surface area (Å²) in [5.41, 5.74) is 4.38. The van der Waals surface area contributed by atoms with Crippen LogP contribution in [-0.2, 0) is 98.5 Å². The number of rotatable bonds is 59. The first kappa shape index (κ1) is 90.4. The third kappa shape index (κ3) is 39.0. The molecule has 29 nitrogen and oxygen atoms in total. The van der Waals surface area contributed by atoms with Crippen molar-refractivity contribution in [3.63, 3.8) is 0 Å². The minimum atomic E-state index is -4.32. The monoisotopic (exact) mass is 1610 g/mol. The molecule has 6 amide bonds. The second-order valence-electron chi connectivity index (χ2n) is 25.7. The van der Waals surface area contributed by atoms with Gasteiger partial charge in [0.2, 0.25) is 35.4 Å². The number of fused-ring (bicyclic) bond motifs is 2. The topological polar surface area (TPSA) is 433 Å². The number of carbonyl (C=O) groups is 12. The molecule has 0 fully saturated rings. The second kappa shape index (κ2) is 52.1. The number of carboxylic acids is 4. The van der Waals surface area contributed by atoms with Crippen molar-refractivity contribution in [1.29, 1.82) is 0 Å². The Hall–Kier alpha value is -8.02. The van der Waals surface area contributed by atoms with Crippen LogP contribution in [0.15, 0.2) is 72.8 Å². The normalized spacial score (nSPS) is 13.6. The molecule has 0 aromatic heterocycles. The Morgan fingerprint density at radius 2 is 1.05 bits per heavy atom. The highest BCUT2D eigenvalue weighted by Gasteiger charge is 2.32. The van der Waals surface area contributed by atoms with Gasteiger partial charge in [0, 0.05) is 92.2 Å². The number of aryl methyl sites for hydroxylation is 1. The molecular formula is C75H104IN6O23P. The zero-order chi connectivity index (χ0) is 77.5. The fourth-order valence-electron chi connectivity index (χ4n) is 11.2. The van der Waals surface area contributed by atoms with Crippen LogP contribution in [0.2, 0.25) is 0 Å². The summed E-state index contributed by atoms with van der Waals surface area (Å²) in [7, 11) is -4.32. The zero-order valence-electron chi connectivity index (χ0n) is 60.3. The third-order valence-corrected chi connectivity index (χ3v) is 19.3. The van der Waals surface area contributed by atoms with Crippen molar-refractivity contribution in [2.24, 2.45) is 11.8 Å². The number of ether oxygens (including phenoxy) is 4. The average Bonchev–Trinajstić information content (AvgIpc) is 0.804. The van der Waals surface area contributed by atoms with E-state index in [1.807, 2.05) is 72.8 Å². The summed E-state index contributed by atoms with van der Waals surface area (Å²) < 4.78 is 40.8. The number of carbonyl (C=O) groups excluding carboxylic acids is 8. The fraction of sp³-hybridized carbons (Fsp3) is 0.573. The Morgan fingerprint density at radius 1 is 0.491 bits per heavy atom. The number of halogens is 1. The molecule has 31 heteroatoms. The second-order valence-corrected chi connectivity index (χ2v) is 28.8. The molecule has 0 saturated heterocycles. The van der Waals surface area contributed by atoms with Crippen molar-refractivity contribution in [2.45, 2.75) is 186 Å². The summed E-state index contributed by atoms with van der Waals surface area (Å²) in [6.45, 7) is 3.79. The lowest BCUT2D eigenvalue weighted by molar-refractivity contribution is -0.145. The van der Waals surface area contributed by atoms with Crippen molar-refractivity contribution in [1.82, 2.24) is 26.6 Å². The lowest BCUT2D eigenvalue weighted by Gasteiger charge is -2.26. The third-order valence-electron chi connectivity index (χ3n) is 17.1. The highest BCUT2D eigenvalue weighted by Crippen LogP contribution is 2.45. The average molecular weight is 1620 g/mol. The molecule has 0 bridgehead atoms. The number of para-hydroxylation sites is 1. The number of unbranched alkanes of at least 4 members (excludes halogenated alkanes) is 3. The van der Waals surface area contributed by atoms with Gasteiger partial charge in [-0.2, -0.15) is 0 Å². The van der Waals surface area contributed by atoms with Crippen molar-refractivity contribution >= 4 is 107 Å². The number of ketones is 2. The van der Waals surface area contributed by atoms with E-state index in [0.717, 1.165) is 37.9 Å². The van der Waals surface area contributed by atoms with Gasteiger partial charge in [-0.1, -0.05) is 74.1 Å². The van der Waals surface area contributed by atoms with Gasteiger partial charge in [-0.05, 0) is 148 Å². The van der Waals surface area contributed by atoms with Crippen molar-refractivity contribution < 1.29 is 111 Å². The highest BCUT2D eigenvalue weighted by atomic mass is 127. The number of carboxylic acid groups (broad SMARTS) is 4. The van der Waals surface area contributed by atoms with Gasteiger partial charge in [-0.25, -0.2) is 9.59 Å². The number of benzene rings is 3. The van der Waals surface area contributed by atoms with E-state index in [0.29, 0.717) is 90.7 Å². The van der Waals surface area contributed by atoms with Crippen LogP contribution in [0.1, 0.15) is 177 Å². The largest absolute Gasteiger partial charge is 0.481 e. The Labute approximate surface area is 632 Å². The summed E-state index contributed by atoms with van der Waals surface area (Å²) >= 11 is 2.22. The van der Waals surface area contributed by atoms with Crippen LogP contribution in [0, 0.1) is 27.2 Å². The molecule has 1 heterocycles. The zero-order valence-corrected chi connectivity index (χ0v) is 63.4. The summed E-state index contributed by atoms with van der Waals surface area (Å²) in [5.74, 6) is -4.77. The maximum atomic E-state index is 13.7. The SMILES string of the molecule is CCCC(CP(=O)(O)OCCC[C@H](NC(=O)CC[C@H](CC(=O)CCCCCNC(=O)CCC(NC(=O)CCOCCOCCOCCOCCCC(=O)CCC(=O)N1Cc2ccccc2C#Cc2ccccc21)C(=O)NC(CCCCNC(=O)CCCc1ccc(I)cc1)C(=O)O)C(=O)O)C(=O)O)C(=O)O. The summed E-state index contributed by atoms with van der Waals surface area (Å²) in [6, 6.07) is 19.1. The number of amides is 6. The van der Waals surface area contributed by atoms with Crippen LogP contribution in [0.5, 0.6) is 0 Å². The molecule has 1 aliphatic rings. The Kier molecular flexibility index (Phi) is 44.4. The molecule has 0 aliphatic carbocycles. The van der Waals surface area contributed by atoms with Gasteiger partial charge >= 0.3 is 31.5 Å². The van der Waals surface area contributed by atoms with Crippen LogP contribution >= 0.6 is 30.2 Å². The molecule has 10 N–H and O–H groups in total. The van der Waals surface area contributed by atoms with E-state index < -0.39 is 116 Å². The molecule has 3 aromatic rings. The Balaban J connectivity index is 1.12.